The van der Waals surface area contributed by atoms with Crippen molar-refractivity contribution >= 4 is 34.5 Å². The number of rotatable bonds is 3. The Morgan fingerprint density at radius 1 is 1.42 bits per heavy atom. The first kappa shape index (κ1) is 17.3. The number of hydrogen-bond donors (Lipinski definition) is 3. The van der Waals surface area contributed by atoms with Crippen LogP contribution in [0.1, 0.15) is 6.42 Å². The number of nitrogens with zero attached hydrogens (tertiary/aromatic N) is 4. The van der Waals surface area contributed by atoms with E-state index in [-0.39, 0.29) is 24.5 Å². The van der Waals surface area contributed by atoms with E-state index in [9.17, 15) is 9.90 Å². The van der Waals surface area contributed by atoms with Crippen LogP contribution in [-0.2, 0) is 4.79 Å². The Morgan fingerprint density at radius 3 is 3.12 bits per heavy atom. The molecule has 2 aliphatic rings. The summed E-state index contributed by atoms with van der Waals surface area (Å²) in [4.78, 5) is 29.2. The number of H-pyrrole nitrogens is 1. The predicted molar refractivity (Wildman–Crippen MR) is 102 cm³/mol. The van der Waals surface area contributed by atoms with Gasteiger partial charge in [-0.15, -0.1) is 11.8 Å². The van der Waals surface area contributed by atoms with Gasteiger partial charge in [0.1, 0.15) is 17.8 Å². The molecule has 0 radical (unpaired) electrons. The lowest BCUT2D eigenvalue weighted by Gasteiger charge is -2.37. The maximum Gasteiger partial charge on any atom is 0.261 e. The van der Waals surface area contributed by atoms with Gasteiger partial charge >= 0.3 is 0 Å². The number of nitrogens with one attached hydrogen (secondary N) is 1. The molecular weight excluding hydrogens is 352 g/mol. The van der Waals surface area contributed by atoms with Crippen LogP contribution < -0.4 is 10.6 Å². The summed E-state index contributed by atoms with van der Waals surface area (Å²) in [7, 11) is 0. The fraction of sp³-hybridized carbons (Fsp3) is 0.471. The number of piperidine rings is 1. The van der Waals surface area contributed by atoms with Crippen molar-refractivity contribution in [3.05, 3.63) is 29.7 Å². The summed E-state index contributed by atoms with van der Waals surface area (Å²) in [5.74, 6) is 1.70. The second-order valence-corrected chi connectivity index (χ2v) is 7.76. The maximum atomic E-state index is 12.9. The van der Waals surface area contributed by atoms with Crippen LogP contribution in [0.3, 0.4) is 0 Å². The number of nitrogens with two attached hydrogens (primary N) is 1. The van der Waals surface area contributed by atoms with Crippen LogP contribution in [0, 0.1) is 5.92 Å². The van der Waals surface area contributed by atoms with Crippen LogP contribution >= 0.6 is 11.8 Å². The zero-order valence-electron chi connectivity index (χ0n) is 14.3. The third-order valence-corrected chi connectivity index (χ3v) is 5.98. The average Bonchev–Trinajstić information content (AvgIpc) is 3.16. The second kappa shape index (κ2) is 7.26. The molecule has 4 heterocycles. The van der Waals surface area contributed by atoms with E-state index in [1.165, 1.54) is 6.33 Å². The number of fused-ring (bicyclic) bond motifs is 1. The van der Waals surface area contributed by atoms with Gasteiger partial charge in [0.05, 0.1) is 10.3 Å². The molecule has 2 aliphatic heterocycles. The average molecular weight is 374 g/mol. The predicted octanol–water partition coefficient (Wildman–Crippen LogP) is 0.521. The molecule has 4 N–H and O–H groups in total. The Bertz CT molecular complexity index is 838. The number of thioether (sulfide) groups is 1. The van der Waals surface area contributed by atoms with E-state index in [0.29, 0.717) is 18.0 Å². The summed E-state index contributed by atoms with van der Waals surface area (Å²) in [6.45, 7) is 1.97. The van der Waals surface area contributed by atoms with Crippen LogP contribution in [0.2, 0.25) is 0 Å². The molecule has 0 unspecified atom stereocenters. The minimum atomic E-state index is -0.177. The van der Waals surface area contributed by atoms with Crippen molar-refractivity contribution in [2.24, 2.45) is 11.7 Å². The van der Waals surface area contributed by atoms with Crippen molar-refractivity contribution in [1.29, 1.82) is 0 Å². The summed E-state index contributed by atoms with van der Waals surface area (Å²) in [5, 5.41) is 10.3. The van der Waals surface area contributed by atoms with Crippen molar-refractivity contribution in [3.8, 4) is 0 Å². The highest BCUT2D eigenvalue weighted by Gasteiger charge is 2.31. The van der Waals surface area contributed by atoms with Crippen LogP contribution in [0.5, 0.6) is 0 Å². The number of amides is 1. The first-order valence-electron chi connectivity index (χ1n) is 8.72. The minimum Gasteiger partial charge on any atom is -0.396 e. The third-order valence-electron chi connectivity index (χ3n) is 5.01. The third kappa shape index (κ3) is 3.17. The van der Waals surface area contributed by atoms with Crippen molar-refractivity contribution in [2.45, 2.75) is 12.5 Å². The molecule has 26 heavy (non-hydrogen) atoms. The summed E-state index contributed by atoms with van der Waals surface area (Å²) in [5.41, 5.74) is 6.89. The van der Waals surface area contributed by atoms with Crippen LogP contribution in [-0.4, -0.2) is 68.9 Å². The number of anilines is 1. The highest BCUT2D eigenvalue weighted by Crippen LogP contribution is 2.30. The molecule has 2 aromatic rings. The van der Waals surface area contributed by atoms with Gasteiger partial charge in [0, 0.05) is 56.4 Å². The Balaban J connectivity index is 1.55. The van der Waals surface area contributed by atoms with Crippen molar-refractivity contribution < 1.29 is 9.90 Å². The summed E-state index contributed by atoms with van der Waals surface area (Å²) >= 11 is 1.57. The van der Waals surface area contributed by atoms with Gasteiger partial charge in [-0.2, -0.15) is 0 Å². The van der Waals surface area contributed by atoms with Gasteiger partial charge in [-0.3, -0.25) is 4.79 Å². The zero-order chi connectivity index (χ0) is 18.1. The SMILES string of the molecule is N[C@H]1CN(C(=O)C2=CN(c3ncnc4[nH]ccc34)CCS2)CC[C@H]1CO. The Labute approximate surface area is 155 Å². The van der Waals surface area contributed by atoms with Gasteiger partial charge in [-0.25, -0.2) is 9.97 Å². The van der Waals surface area contributed by atoms with Crippen molar-refractivity contribution in [3.63, 3.8) is 0 Å². The van der Waals surface area contributed by atoms with Crippen molar-refractivity contribution in [1.82, 2.24) is 19.9 Å². The monoisotopic (exact) mass is 374 g/mol. The molecule has 2 atom stereocenters. The summed E-state index contributed by atoms with van der Waals surface area (Å²) in [6.07, 6.45) is 5.99. The molecule has 0 spiro atoms. The van der Waals surface area contributed by atoms with Crippen LogP contribution in [0.4, 0.5) is 5.82 Å². The topological polar surface area (TPSA) is 111 Å². The molecule has 1 fully saturated rings. The lowest BCUT2D eigenvalue weighted by molar-refractivity contribution is -0.128. The normalized spacial score (nSPS) is 24.0. The van der Waals surface area contributed by atoms with E-state index < -0.39 is 0 Å². The minimum absolute atomic E-state index is 0.00547. The Morgan fingerprint density at radius 2 is 2.31 bits per heavy atom. The molecule has 0 aromatic carbocycles. The number of likely N-dealkylation sites (tertiary alicyclic amines) is 1. The number of carbonyl (C=O) groups is 1. The molecule has 138 valence electrons. The van der Waals surface area contributed by atoms with E-state index >= 15 is 0 Å². The molecule has 0 bridgehead atoms. The molecule has 0 aliphatic carbocycles. The lowest BCUT2D eigenvalue weighted by Crippen LogP contribution is -2.51. The first-order chi connectivity index (χ1) is 12.7. The number of aliphatic hydroxyl groups excluding tert-OH is 1. The molecule has 2 aromatic heterocycles. The molecule has 1 amide bonds. The van der Waals surface area contributed by atoms with Gasteiger partial charge in [0.25, 0.3) is 5.91 Å². The molecule has 4 rings (SSSR count). The van der Waals surface area contributed by atoms with Gasteiger partial charge in [0.15, 0.2) is 0 Å². The highest BCUT2D eigenvalue weighted by molar-refractivity contribution is 8.04. The fourth-order valence-corrected chi connectivity index (χ4v) is 4.43. The molecule has 8 nitrogen and oxygen atoms in total. The van der Waals surface area contributed by atoms with Crippen LogP contribution in [0.15, 0.2) is 29.7 Å². The largest absolute Gasteiger partial charge is 0.396 e. The van der Waals surface area contributed by atoms with E-state index in [1.807, 2.05) is 23.4 Å². The summed E-state index contributed by atoms with van der Waals surface area (Å²) in [6, 6.07) is 1.77. The number of carbonyl (C=O) groups excluding carboxylic acids is 1. The highest BCUT2D eigenvalue weighted by atomic mass is 32.2. The quantitative estimate of drug-likeness (QED) is 0.718. The number of aliphatic hydroxyl groups is 1. The van der Waals surface area contributed by atoms with Gasteiger partial charge in [-0.1, -0.05) is 0 Å². The smallest absolute Gasteiger partial charge is 0.261 e. The Hall–Kier alpha value is -2.10. The second-order valence-electron chi connectivity index (χ2n) is 6.62. The zero-order valence-corrected chi connectivity index (χ0v) is 15.2. The Kier molecular flexibility index (Phi) is 4.84. The summed E-state index contributed by atoms with van der Waals surface area (Å²) < 4.78 is 0. The van der Waals surface area contributed by atoms with E-state index in [4.69, 9.17) is 5.73 Å². The fourth-order valence-electron chi connectivity index (χ4n) is 3.47. The van der Waals surface area contributed by atoms with E-state index in [0.717, 1.165) is 35.6 Å². The maximum absolute atomic E-state index is 12.9. The molecule has 0 saturated carbocycles. The van der Waals surface area contributed by atoms with Gasteiger partial charge < -0.3 is 25.6 Å². The number of aromatic nitrogens is 3. The van der Waals surface area contributed by atoms with E-state index in [1.54, 1.807) is 16.7 Å². The number of aromatic amines is 1. The molecular formula is C17H22N6O2S. The molecule has 1 saturated heterocycles. The molecule has 9 heteroatoms. The first-order valence-corrected chi connectivity index (χ1v) is 9.71. The lowest BCUT2D eigenvalue weighted by atomic mass is 9.93. The van der Waals surface area contributed by atoms with E-state index in [2.05, 4.69) is 15.0 Å². The number of hydrogen-bond acceptors (Lipinski definition) is 7. The van der Waals surface area contributed by atoms with Crippen LogP contribution in [0.25, 0.3) is 11.0 Å². The van der Waals surface area contributed by atoms with Gasteiger partial charge in [0.2, 0.25) is 0 Å². The van der Waals surface area contributed by atoms with Crippen molar-refractivity contribution in [2.75, 3.05) is 36.9 Å². The standard InChI is InChI=1S/C17H22N6O2S/c18-13-7-23(4-2-11(13)9-24)17(25)14-8-22(5-6-26-14)16-12-1-3-19-15(12)20-10-21-16/h1,3,8,10-11,13,24H,2,4-7,9,18H2,(H,19,20,21)/t11-,13-/m0/s1. The van der Waals surface area contributed by atoms with Gasteiger partial charge in [-0.05, 0) is 12.5 Å².